The maximum absolute atomic E-state index is 8.39. The van der Waals surface area contributed by atoms with Gasteiger partial charge in [0.2, 0.25) is 0 Å². The molecule has 0 spiro atoms. The Labute approximate surface area is 307 Å². The van der Waals surface area contributed by atoms with Gasteiger partial charge in [0.15, 0.2) is 0 Å². The number of aromatic nitrogens is 1. The fraction of sp³-hybridized carbons (Fsp3) is 0.0625. The van der Waals surface area contributed by atoms with Gasteiger partial charge in [-0.05, 0) is 56.9 Å². The molecular weight excluding hydrogens is 651 g/mol. The summed E-state index contributed by atoms with van der Waals surface area (Å²) in [6.45, 7) is 4.00. The van der Waals surface area contributed by atoms with Crippen LogP contribution < -0.4 is 5.73 Å². The molecule has 2 heterocycles. The topological polar surface area (TPSA) is 54.8 Å². The molecule has 252 valence electrons. The Morgan fingerprint density at radius 2 is 1.21 bits per heavy atom. The van der Waals surface area contributed by atoms with E-state index in [1.807, 2.05) is 85.8 Å². The number of hydrogen-bond acceptors (Lipinski definition) is 3. The number of para-hydroxylation sites is 2. The van der Waals surface area contributed by atoms with Gasteiger partial charge in [-0.25, -0.2) is 0 Å². The second-order valence-electron chi connectivity index (χ2n) is 12.7. The first kappa shape index (κ1) is 32.9. The van der Waals surface area contributed by atoms with Crippen LogP contribution in [0.25, 0.3) is 74.6 Å². The monoisotopic (exact) mass is 689 g/mol. The number of nitrogen functional groups attached to an aromatic ring is 1. The summed E-state index contributed by atoms with van der Waals surface area (Å²) in [6.07, 6.45) is 0. The van der Waals surface area contributed by atoms with Crippen molar-refractivity contribution < 1.29 is 0 Å². The van der Waals surface area contributed by atoms with E-state index in [1.165, 1.54) is 63.5 Å². The van der Waals surface area contributed by atoms with Gasteiger partial charge in [-0.15, -0.1) is 11.3 Å². The third-order valence-corrected chi connectivity index (χ3v) is 11.0. The van der Waals surface area contributed by atoms with Gasteiger partial charge in [-0.1, -0.05) is 153 Å². The number of nitrogens with zero attached hydrogens (tertiary/aromatic N) is 1. The van der Waals surface area contributed by atoms with E-state index in [0.29, 0.717) is 11.4 Å². The van der Waals surface area contributed by atoms with Crippen LogP contribution in [0.4, 0.5) is 5.69 Å². The van der Waals surface area contributed by atoms with Gasteiger partial charge < -0.3 is 10.3 Å². The van der Waals surface area contributed by atoms with Crippen molar-refractivity contribution in [1.29, 1.82) is 5.41 Å². The van der Waals surface area contributed by atoms with Crippen molar-refractivity contribution in [2.75, 3.05) is 5.73 Å². The van der Waals surface area contributed by atoms with Gasteiger partial charge in [0.1, 0.15) is 0 Å². The van der Waals surface area contributed by atoms with E-state index in [4.69, 9.17) is 11.1 Å². The molecule has 0 aliphatic rings. The molecule has 52 heavy (non-hydrogen) atoms. The van der Waals surface area contributed by atoms with Crippen LogP contribution in [0, 0.1) is 5.41 Å². The summed E-state index contributed by atoms with van der Waals surface area (Å²) in [5.41, 5.74) is 13.6. The van der Waals surface area contributed by atoms with E-state index in [1.54, 1.807) is 0 Å². The minimum Gasteiger partial charge on any atom is -0.398 e. The zero-order valence-corrected chi connectivity index (χ0v) is 30.3. The molecule has 0 saturated heterocycles. The lowest BCUT2D eigenvalue weighted by molar-refractivity contribution is 1.02. The molecular formula is C48H39N3S. The van der Waals surface area contributed by atoms with E-state index < -0.39 is 0 Å². The van der Waals surface area contributed by atoms with Crippen LogP contribution in [0.1, 0.15) is 25.0 Å². The first-order valence-corrected chi connectivity index (χ1v) is 18.6. The Bertz CT molecular complexity index is 2910. The maximum Gasteiger partial charge on any atom is 0.0705 e. The Morgan fingerprint density at radius 1 is 0.558 bits per heavy atom. The highest BCUT2D eigenvalue weighted by Gasteiger charge is 2.20. The van der Waals surface area contributed by atoms with Crippen molar-refractivity contribution >= 4 is 86.3 Å². The summed E-state index contributed by atoms with van der Waals surface area (Å²) in [5.74, 6) is 0. The van der Waals surface area contributed by atoms with Crippen LogP contribution in [-0.4, -0.2) is 10.3 Å². The molecule has 10 aromatic rings. The zero-order chi connectivity index (χ0) is 35.8. The Morgan fingerprint density at radius 3 is 2.02 bits per heavy atom. The van der Waals surface area contributed by atoms with Crippen LogP contribution in [0.5, 0.6) is 0 Å². The van der Waals surface area contributed by atoms with Crippen LogP contribution in [0.15, 0.2) is 164 Å². The van der Waals surface area contributed by atoms with Crippen molar-refractivity contribution in [2.24, 2.45) is 7.05 Å². The predicted molar refractivity (Wildman–Crippen MR) is 228 cm³/mol. The Kier molecular flexibility index (Phi) is 8.76. The molecule has 0 unspecified atom stereocenters. The largest absolute Gasteiger partial charge is 0.398 e. The number of anilines is 1. The van der Waals surface area contributed by atoms with E-state index in [9.17, 15) is 0 Å². The maximum atomic E-state index is 8.39. The molecule has 0 amide bonds. The number of nitrogens with one attached hydrogen (secondary N) is 1. The predicted octanol–water partition coefficient (Wildman–Crippen LogP) is 13.4. The average molecular weight is 690 g/mol. The summed E-state index contributed by atoms with van der Waals surface area (Å²) in [5, 5.41) is 19.3. The second kappa shape index (κ2) is 13.8. The molecule has 0 aliphatic carbocycles. The highest BCUT2D eigenvalue weighted by molar-refractivity contribution is 7.27. The van der Waals surface area contributed by atoms with E-state index in [0.717, 1.165) is 22.3 Å². The third kappa shape index (κ3) is 5.49. The lowest BCUT2D eigenvalue weighted by Gasteiger charge is -2.09. The minimum atomic E-state index is 0.450. The van der Waals surface area contributed by atoms with E-state index >= 15 is 0 Å². The molecule has 0 saturated carbocycles. The van der Waals surface area contributed by atoms with Crippen molar-refractivity contribution in [3.05, 3.63) is 175 Å². The quantitative estimate of drug-likeness (QED) is 0.108. The third-order valence-electron chi connectivity index (χ3n) is 9.85. The van der Waals surface area contributed by atoms with Crippen molar-refractivity contribution in [1.82, 2.24) is 4.57 Å². The normalized spacial score (nSPS) is 11.1. The molecule has 3 N–H and O–H groups in total. The average Bonchev–Trinajstić information content (AvgIpc) is 3.74. The summed E-state index contributed by atoms with van der Waals surface area (Å²) in [4.78, 5) is 0. The van der Waals surface area contributed by atoms with Gasteiger partial charge in [-0.3, -0.25) is 5.41 Å². The van der Waals surface area contributed by atoms with Gasteiger partial charge in [0.25, 0.3) is 0 Å². The number of thiophene rings is 1. The van der Waals surface area contributed by atoms with Gasteiger partial charge in [0, 0.05) is 55.6 Å². The number of aryl methyl sites for hydroxylation is 1. The molecule has 0 radical (unpaired) electrons. The molecule has 0 aliphatic heterocycles. The fourth-order valence-electron chi connectivity index (χ4n) is 7.51. The first-order chi connectivity index (χ1) is 25.6. The molecule has 10 rings (SSSR count). The van der Waals surface area contributed by atoms with Crippen LogP contribution in [0.3, 0.4) is 0 Å². The smallest absolute Gasteiger partial charge is 0.0705 e. The number of nitrogens with two attached hydrogens (primary N) is 1. The molecule has 0 bridgehead atoms. The molecule has 2 aromatic heterocycles. The summed E-state index contributed by atoms with van der Waals surface area (Å²) in [6, 6.07) is 56.7. The SMILES string of the molecule is CC.Cn1c2ccccc2c2c3ccc4ccccc4c3c3c4ccccc4sc3c21.N=C(c1cccc(-c2ccccc2)c1)c1ccccc1N. The molecule has 0 fully saturated rings. The van der Waals surface area contributed by atoms with Crippen LogP contribution >= 0.6 is 11.3 Å². The van der Waals surface area contributed by atoms with Gasteiger partial charge >= 0.3 is 0 Å². The standard InChI is InChI=1S/C27H17NS.C19H16N2.C2H6/c1-28-21-12-6-4-10-18(21)24-20-15-14-16-8-2-3-9-17(16)23(20)25-19-11-5-7-13-22(19)29-27(25)26(24)28;20-18-12-5-4-11-17(18)19(21)16-10-6-9-15(13-16)14-7-2-1-3-8-14;1-2/h2-15H,1H3;1-13,21H,20H2;1-2H3. The molecule has 8 aromatic carbocycles. The van der Waals surface area contributed by atoms with Crippen LogP contribution in [-0.2, 0) is 7.05 Å². The van der Waals surface area contributed by atoms with Crippen molar-refractivity contribution in [3.63, 3.8) is 0 Å². The molecule has 3 nitrogen and oxygen atoms in total. The first-order valence-electron chi connectivity index (χ1n) is 17.8. The second-order valence-corrected chi connectivity index (χ2v) is 13.8. The van der Waals surface area contributed by atoms with Gasteiger partial charge in [-0.2, -0.15) is 0 Å². The summed E-state index contributed by atoms with van der Waals surface area (Å²) < 4.78 is 5.13. The van der Waals surface area contributed by atoms with E-state index in [2.05, 4.69) is 115 Å². The summed E-state index contributed by atoms with van der Waals surface area (Å²) >= 11 is 1.92. The Hall–Kier alpha value is -6.23. The number of rotatable bonds is 3. The Balaban J connectivity index is 0.000000150. The number of hydrogen-bond donors (Lipinski definition) is 2. The lowest BCUT2D eigenvalue weighted by atomic mass is 9.94. The lowest BCUT2D eigenvalue weighted by Crippen LogP contribution is -2.05. The minimum absolute atomic E-state index is 0.450. The summed E-state index contributed by atoms with van der Waals surface area (Å²) in [7, 11) is 2.21. The van der Waals surface area contributed by atoms with E-state index in [-0.39, 0.29) is 0 Å². The fourth-order valence-corrected chi connectivity index (χ4v) is 8.80. The van der Waals surface area contributed by atoms with Crippen LogP contribution in [0.2, 0.25) is 0 Å². The van der Waals surface area contributed by atoms with Crippen molar-refractivity contribution in [3.8, 4) is 11.1 Å². The zero-order valence-electron chi connectivity index (χ0n) is 29.5. The van der Waals surface area contributed by atoms with Crippen molar-refractivity contribution in [2.45, 2.75) is 13.8 Å². The highest BCUT2D eigenvalue weighted by Crippen LogP contribution is 2.48. The number of benzene rings is 8. The molecule has 4 heteroatoms. The highest BCUT2D eigenvalue weighted by atomic mass is 32.1. The van der Waals surface area contributed by atoms with Gasteiger partial charge in [0.05, 0.1) is 15.9 Å². The molecule has 0 atom stereocenters. The number of fused-ring (bicyclic) bond motifs is 12.